The molecule has 0 spiro atoms. The topological polar surface area (TPSA) is 87.7 Å². The Morgan fingerprint density at radius 1 is 1.23 bits per heavy atom. The maximum absolute atomic E-state index is 11.9. The smallest absolute Gasteiger partial charge is 0.338 e. The van der Waals surface area contributed by atoms with Crippen LogP contribution < -0.4 is 10.6 Å². The van der Waals surface area contributed by atoms with Crippen LogP contribution in [-0.4, -0.2) is 35.9 Å². The van der Waals surface area contributed by atoms with Crippen LogP contribution in [0.3, 0.4) is 0 Å². The van der Waals surface area contributed by atoms with E-state index in [1.54, 1.807) is 31.2 Å². The number of ether oxygens (including phenoxy) is 1. The number of esters is 1. The van der Waals surface area contributed by atoms with Crippen molar-refractivity contribution in [3.05, 3.63) is 29.8 Å². The molecule has 6 heteroatoms. The monoisotopic (exact) mass is 306 g/mol. The molecule has 2 rings (SSSR count). The van der Waals surface area contributed by atoms with Crippen LogP contribution in [0.5, 0.6) is 0 Å². The number of anilines is 1. The summed E-state index contributed by atoms with van der Waals surface area (Å²) in [5, 5.41) is 15.3. The van der Waals surface area contributed by atoms with E-state index in [0.717, 1.165) is 25.7 Å². The lowest BCUT2D eigenvalue weighted by molar-refractivity contribution is 0.0526. The van der Waals surface area contributed by atoms with Crippen molar-refractivity contribution in [2.45, 2.75) is 44.8 Å². The first-order valence-corrected chi connectivity index (χ1v) is 7.63. The molecule has 2 atom stereocenters. The number of amides is 2. The van der Waals surface area contributed by atoms with Gasteiger partial charge in [-0.1, -0.05) is 12.8 Å². The van der Waals surface area contributed by atoms with Crippen molar-refractivity contribution in [2.75, 3.05) is 11.9 Å². The molecule has 120 valence electrons. The normalized spacial score (nSPS) is 21.0. The Morgan fingerprint density at radius 3 is 2.55 bits per heavy atom. The van der Waals surface area contributed by atoms with Crippen LogP contribution in [0, 0.1) is 0 Å². The fourth-order valence-electron chi connectivity index (χ4n) is 2.52. The van der Waals surface area contributed by atoms with Crippen LogP contribution in [0.1, 0.15) is 43.0 Å². The van der Waals surface area contributed by atoms with E-state index in [9.17, 15) is 14.7 Å². The van der Waals surface area contributed by atoms with E-state index in [2.05, 4.69) is 10.6 Å². The van der Waals surface area contributed by atoms with Crippen LogP contribution in [0.4, 0.5) is 10.5 Å². The average molecular weight is 306 g/mol. The van der Waals surface area contributed by atoms with Gasteiger partial charge in [-0.25, -0.2) is 9.59 Å². The molecule has 3 N–H and O–H groups in total. The number of nitrogens with one attached hydrogen (secondary N) is 2. The van der Waals surface area contributed by atoms with Gasteiger partial charge in [-0.3, -0.25) is 0 Å². The third-order valence-corrected chi connectivity index (χ3v) is 3.70. The van der Waals surface area contributed by atoms with E-state index >= 15 is 0 Å². The molecule has 1 aromatic carbocycles. The minimum atomic E-state index is -0.481. The van der Waals surface area contributed by atoms with Gasteiger partial charge in [-0.05, 0) is 44.0 Å². The SMILES string of the molecule is CCOC(=O)c1ccc(NC(=O)NC2CCCCC2O)cc1. The maximum Gasteiger partial charge on any atom is 0.338 e. The first-order chi connectivity index (χ1) is 10.6. The third-order valence-electron chi connectivity index (χ3n) is 3.70. The Bertz CT molecular complexity index is 515. The fourth-order valence-corrected chi connectivity index (χ4v) is 2.52. The molecule has 22 heavy (non-hydrogen) atoms. The van der Waals surface area contributed by atoms with Crippen molar-refractivity contribution >= 4 is 17.7 Å². The standard InChI is InChI=1S/C16H22N2O4/c1-2-22-15(20)11-7-9-12(10-8-11)17-16(21)18-13-5-3-4-6-14(13)19/h7-10,13-14,19H,2-6H2,1H3,(H2,17,18,21). The predicted molar refractivity (Wildman–Crippen MR) is 82.8 cm³/mol. The van der Waals surface area contributed by atoms with E-state index in [4.69, 9.17) is 4.74 Å². The van der Waals surface area contributed by atoms with Gasteiger partial charge in [0.25, 0.3) is 0 Å². The summed E-state index contributed by atoms with van der Waals surface area (Å²) in [5.74, 6) is -0.385. The molecular weight excluding hydrogens is 284 g/mol. The third kappa shape index (κ3) is 4.46. The summed E-state index contributed by atoms with van der Waals surface area (Å²) < 4.78 is 4.89. The van der Waals surface area contributed by atoms with Crippen molar-refractivity contribution in [1.82, 2.24) is 5.32 Å². The van der Waals surface area contributed by atoms with Gasteiger partial charge in [0.1, 0.15) is 0 Å². The van der Waals surface area contributed by atoms with E-state index in [1.165, 1.54) is 0 Å². The zero-order valence-corrected chi connectivity index (χ0v) is 12.7. The molecule has 0 aliphatic heterocycles. The first kappa shape index (κ1) is 16.3. The number of rotatable bonds is 4. The molecule has 1 fully saturated rings. The molecule has 1 aliphatic carbocycles. The molecule has 1 saturated carbocycles. The quantitative estimate of drug-likeness (QED) is 0.745. The predicted octanol–water partition coefficient (Wildman–Crippen LogP) is 2.29. The number of aliphatic hydroxyl groups excluding tert-OH is 1. The molecule has 0 radical (unpaired) electrons. The summed E-state index contributed by atoms with van der Waals surface area (Å²) in [7, 11) is 0. The minimum Gasteiger partial charge on any atom is -0.462 e. The van der Waals surface area contributed by atoms with Crippen LogP contribution in [0.2, 0.25) is 0 Å². The second kappa shape index (κ2) is 7.79. The number of carbonyl (C=O) groups is 2. The van der Waals surface area contributed by atoms with Gasteiger partial charge in [0.15, 0.2) is 0 Å². The number of benzene rings is 1. The Morgan fingerprint density at radius 2 is 1.91 bits per heavy atom. The van der Waals surface area contributed by atoms with Crippen LogP contribution in [0.15, 0.2) is 24.3 Å². The summed E-state index contributed by atoms with van der Waals surface area (Å²) in [4.78, 5) is 23.4. The van der Waals surface area contributed by atoms with Gasteiger partial charge in [-0.15, -0.1) is 0 Å². The molecule has 0 heterocycles. The van der Waals surface area contributed by atoms with Gasteiger partial charge < -0.3 is 20.5 Å². The lowest BCUT2D eigenvalue weighted by Gasteiger charge is -2.28. The number of hydrogen-bond donors (Lipinski definition) is 3. The summed E-state index contributed by atoms with van der Waals surface area (Å²) in [5.41, 5.74) is 1.02. The first-order valence-electron chi connectivity index (χ1n) is 7.63. The molecule has 0 aromatic heterocycles. The van der Waals surface area contributed by atoms with E-state index in [0.29, 0.717) is 17.9 Å². The highest BCUT2D eigenvalue weighted by atomic mass is 16.5. The second-order valence-corrected chi connectivity index (χ2v) is 5.35. The fraction of sp³-hybridized carbons (Fsp3) is 0.500. The van der Waals surface area contributed by atoms with Crippen LogP contribution in [-0.2, 0) is 4.74 Å². The van der Waals surface area contributed by atoms with Crippen molar-refractivity contribution in [3.63, 3.8) is 0 Å². The zero-order chi connectivity index (χ0) is 15.9. The zero-order valence-electron chi connectivity index (χ0n) is 12.7. The van der Waals surface area contributed by atoms with Crippen molar-refractivity contribution in [2.24, 2.45) is 0 Å². The van der Waals surface area contributed by atoms with Crippen molar-refractivity contribution in [1.29, 1.82) is 0 Å². The summed E-state index contributed by atoms with van der Waals surface area (Å²) >= 11 is 0. The Balaban J connectivity index is 1.87. The summed E-state index contributed by atoms with van der Waals surface area (Å²) in [6.45, 7) is 2.07. The molecular formula is C16H22N2O4. The molecule has 0 bridgehead atoms. The number of hydrogen-bond acceptors (Lipinski definition) is 4. The number of carbonyl (C=O) groups excluding carboxylic acids is 2. The van der Waals surface area contributed by atoms with Crippen molar-refractivity contribution < 1.29 is 19.4 Å². The molecule has 2 amide bonds. The average Bonchev–Trinajstić information content (AvgIpc) is 2.50. The van der Waals surface area contributed by atoms with E-state index in [-0.39, 0.29) is 18.0 Å². The highest BCUT2D eigenvalue weighted by Crippen LogP contribution is 2.18. The molecule has 0 saturated heterocycles. The van der Waals surface area contributed by atoms with E-state index < -0.39 is 6.10 Å². The lowest BCUT2D eigenvalue weighted by Crippen LogP contribution is -2.46. The lowest BCUT2D eigenvalue weighted by atomic mass is 9.93. The molecule has 2 unspecified atom stereocenters. The number of aliphatic hydroxyl groups is 1. The van der Waals surface area contributed by atoms with Crippen LogP contribution >= 0.6 is 0 Å². The van der Waals surface area contributed by atoms with Gasteiger partial charge in [-0.2, -0.15) is 0 Å². The summed E-state index contributed by atoms with van der Waals surface area (Å²) in [6, 6.07) is 5.93. The highest BCUT2D eigenvalue weighted by molar-refractivity contribution is 5.92. The van der Waals surface area contributed by atoms with Gasteiger partial charge >= 0.3 is 12.0 Å². The minimum absolute atomic E-state index is 0.201. The van der Waals surface area contributed by atoms with Crippen LogP contribution in [0.25, 0.3) is 0 Å². The van der Waals surface area contributed by atoms with Crippen molar-refractivity contribution in [3.8, 4) is 0 Å². The molecule has 1 aromatic rings. The second-order valence-electron chi connectivity index (χ2n) is 5.35. The summed E-state index contributed by atoms with van der Waals surface area (Å²) in [6.07, 6.45) is 3.04. The van der Waals surface area contributed by atoms with Gasteiger partial charge in [0, 0.05) is 5.69 Å². The van der Waals surface area contributed by atoms with Gasteiger partial charge in [0.05, 0.1) is 24.3 Å². The Kier molecular flexibility index (Phi) is 5.77. The molecule has 1 aliphatic rings. The Labute approximate surface area is 129 Å². The number of urea groups is 1. The van der Waals surface area contributed by atoms with E-state index in [1.807, 2.05) is 0 Å². The maximum atomic E-state index is 11.9. The highest BCUT2D eigenvalue weighted by Gasteiger charge is 2.24. The molecule has 6 nitrogen and oxygen atoms in total. The van der Waals surface area contributed by atoms with Gasteiger partial charge in [0.2, 0.25) is 0 Å². The largest absolute Gasteiger partial charge is 0.462 e. The Hall–Kier alpha value is -2.08.